The predicted octanol–water partition coefficient (Wildman–Crippen LogP) is 1.60. The minimum atomic E-state index is -0.580. The Kier molecular flexibility index (Phi) is 4.90. The predicted molar refractivity (Wildman–Crippen MR) is 102 cm³/mol. The fourth-order valence-electron chi connectivity index (χ4n) is 4.12. The molecule has 0 unspecified atom stereocenters. The molecule has 3 aliphatic rings. The molecule has 0 spiro atoms. The van der Waals surface area contributed by atoms with Crippen LogP contribution in [0.5, 0.6) is 0 Å². The standard InChI is InChI=1S/C21H23N3O3/c25-19-13-24(11-10-15(19)14-6-2-1-3-7-14)20(26)12-18-16-8-4-5-9-17(16)21(27)23-22-18/h1-9,15-17,19,25H,10-13H2,(H,23,27)/t15-,16-,17-,19+/m0/s1. The van der Waals surface area contributed by atoms with Gasteiger partial charge in [0.25, 0.3) is 0 Å². The number of benzene rings is 1. The van der Waals surface area contributed by atoms with Crippen LogP contribution in [0.15, 0.2) is 59.7 Å². The summed E-state index contributed by atoms with van der Waals surface area (Å²) in [5.41, 5.74) is 4.30. The summed E-state index contributed by atoms with van der Waals surface area (Å²) in [6, 6.07) is 9.94. The number of allylic oxidation sites excluding steroid dienone is 3. The third-order valence-electron chi connectivity index (χ3n) is 5.63. The van der Waals surface area contributed by atoms with Gasteiger partial charge in [0.1, 0.15) is 0 Å². The van der Waals surface area contributed by atoms with Gasteiger partial charge in [0, 0.05) is 24.9 Å². The van der Waals surface area contributed by atoms with E-state index in [1.165, 1.54) is 0 Å². The Morgan fingerprint density at radius 1 is 1.19 bits per heavy atom. The number of likely N-dealkylation sites (tertiary alicyclic amines) is 1. The maximum absolute atomic E-state index is 12.8. The third-order valence-corrected chi connectivity index (χ3v) is 5.63. The number of hydrazone groups is 1. The van der Waals surface area contributed by atoms with Crippen LogP contribution in [-0.2, 0) is 9.59 Å². The molecule has 1 saturated heterocycles. The monoisotopic (exact) mass is 365 g/mol. The lowest BCUT2D eigenvalue weighted by Crippen LogP contribution is -2.48. The summed E-state index contributed by atoms with van der Waals surface area (Å²) in [5.74, 6) is -0.616. The van der Waals surface area contributed by atoms with Crippen LogP contribution >= 0.6 is 0 Å². The van der Waals surface area contributed by atoms with E-state index < -0.39 is 6.10 Å². The van der Waals surface area contributed by atoms with Gasteiger partial charge in [0.15, 0.2) is 0 Å². The lowest BCUT2D eigenvalue weighted by Gasteiger charge is -2.37. The van der Waals surface area contributed by atoms with Gasteiger partial charge in [-0.3, -0.25) is 9.59 Å². The normalized spacial score (nSPS) is 29.7. The molecule has 2 amide bonds. The number of fused-ring (bicyclic) bond motifs is 1. The first-order chi connectivity index (χ1) is 13.1. The zero-order valence-electron chi connectivity index (χ0n) is 15.0. The Morgan fingerprint density at radius 2 is 1.93 bits per heavy atom. The number of aliphatic hydroxyl groups is 1. The number of piperidine rings is 1. The summed E-state index contributed by atoms with van der Waals surface area (Å²) in [7, 11) is 0. The maximum atomic E-state index is 12.8. The molecule has 1 fully saturated rings. The molecule has 4 rings (SSSR count). The average molecular weight is 365 g/mol. The fourth-order valence-corrected chi connectivity index (χ4v) is 4.12. The van der Waals surface area contributed by atoms with Gasteiger partial charge in [-0.05, 0) is 12.0 Å². The van der Waals surface area contributed by atoms with Crippen molar-refractivity contribution in [1.82, 2.24) is 10.3 Å². The molecule has 2 aliphatic heterocycles. The molecule has 6 nitrogen and oxygen atoms in total. The number of β-amino-alcohol motifs (C(OH)–C–C–N with tert-alkyl or cyclic N) is 1. The number of nitrogens with zero attached hydrogens (tertiary/aromatic N) is 2. The van der Waals surface area contributed by atoms with E-state index >= 15 is 0 Å². The van der Waals surface area contributed by atoms with Crippen molar-refractivity contribution in [3.8, 4) is 0 Å². The molecular weight excluding hydrogens is 342 g/mol. The number of nitrogens with one attached hydrogen (secondary N) is 1. The molecule has 2 heterocycles. The summed E-state index contributed by atoms with van der Waals surface area (Å²) in [6.45, 7) is 0.931. The number of rotatable bonds is 3. The zero-order chi connectivity index (χ0) is 18.8. The van der Waals surface area contributed by atoms with E-state index in [2.05, 4.69) is 10.5 Å². The average Bonchev–Trinajstić information content (AvgIpc) is 2.71. The van der Waals surface area contributed by atoms with Gasteiger partial charge in [-0.1, -0.05) is 54.6 Å². The first-order valence-electron chi connectivity index (χ1n) is 9.35. The molecule has 0 aromatic heterocycles. The second kappa shape index (κ2) is 7.48. The lowest BCUT2D eigenvalue weighted by atomic mass is 9.82. The SMILES string of the molecule is O=C1NN=C(CC(=O)N2CC[C@@H](c3ccccc3)[C@H](O)C2)[C@H]2C=CC=C[C@H]12. The minimum Gasteiger partial charge on any atom is -0.391 e. The van der Waals surface area contributed by atoms with Crippen LogP contribution in [-0.4, -0.2) is 46.7 Å². The van der Waals surface area contributed by atoms with Gasteiger partial charge in [-0.25, -0.2) is 5.43 Å². The third kappa shape index (κ3) is 3.57. The van der Waals surface area contributed by atoms with Crippen molar-refractivity contribution in [1.29, 1.82) is 0 Å². The molecule has 6 heteroatoms. The topological polar surface area (TPSA) is 82.0 Å². The molecule has 2 N–H and O–H groups in total. The van der Waals surface area contributed by atoms with Crippen molar-refractivity contribution in [3.63, 3.8) is 0 Å². The lowest BCUT2D eigenvalue weighted by molar-refractivity contribution is -0.133. The number of aliphatic hydroxyl groups excluding tert-OH is 1. The summed E-state index contributed by atoms with van der Waals surface area (Å²) in [5, 5.41) is 14.7. The molecule has 27 heavy (non-hydrogen) atoms. The number of carbonyl (C=O) groups excluding carboxylic acids is 2. The number of hydrogen-bond donors (Lipinski definition) is 2. The Labute approximate surface area is 158 Å². The molecule has 1 aromatic carbocycles. The summed E-state index contributed by atoms with van der Waals surface area (Å²) >= 11 is 0. The first kappa shape index (κ1) is 17.7. The highest BCUT2D eigenvalue weighted by Crippen LogP contribution is 2.30. The summed E-state index contributed by atoms with van der Waals surface area (Å²) in [6.07, 6.45) is 7.80. The second-order valence-electron chi connectivity index (χ2n) is 7.29. The Hall–Kier alpha value is -2.73. The van der Waals surface area contributed by atoms with Gasteiger partial charge in [0.2, 0.25) is 11.8 Å². The molecule has 140 valence electrons. The van der Waals surface area contributed by atoms with Crippen molar-refractivity contribution >= 4 is 17.5 Å². The van der Waals surface area contributed by atoms with Gasteiger partial charge >= 0.3 is 0 Å². The van der Waals surface area contributed by atoms with Gasteiger partial charge in [-0.2, -0.15) is 5.10 Å². The van der Waals surface area contributed by atoms with Crippen LogP contribution in [0.2, 0.25) is 0 Å². The van der Waals surface area contributed by atoms with E-state index in [-0.39, 0.29) is 36.0 Å². The first-order valence-corrected chi connectivity index (χ1v) is 9.35. The van der Waals surface area contributed by atoms with E-state index in [1.54, 1.807) is 4.90 Å². The largest absolute Gasteiger partial charge is 0.391 e. The number of amides is 2. The Balaban J connectivity index is 1.40. The van der Waals surface area contributed by atoms with E-state index in [9.17, 15) is 14.7 Å². The second-order valence-corrected chi connectivity index (χ2v) is 7.29. The Morgan fingerprint density at radius 3 is 2.67 bits per heavy atom. The van der Waals surface area contributed by atoms with E-state index in [4.69, 9.17) is 0 Å². The molecule has 0 saturated carbocycles. The Bertz CT molecular complexity index is 815. The highest BCUT2D eigenvalue weighted by molar-refractivity contribution is 6.07. The van der Waals surface area contributed by atoms with E-state index in [0.29, 0.717) is 18.8 Å². The molecule has 1 aliphatic carbocycles. The van der Waals surface area contributed by atoms with Crippen LogP contribution in [0, 0.1) is 11.8 Å². The van der Waals surface area contributed by atoms with Crippen LogP contribution in [0.25, 0.3) is 0 Å². The maximum Gasteiger partial charge on any atom is 0.247 e. The van der Waals surface area contributed by atoms with Gasteiger partial charge in [-0.15, -0.1) is 0 Å². The molecular formula is C21H23N3O3. The fraction of sp³-hybridized carbons (Fsp3) is 0.381. The van der Waals surface area contributed by atoms with Crippen LogP contribution in [0.3, 0.4) is 0 Å². The van der Waals surface area contributed by atoms with Crippen LogP contribution < -0.4 is 5.43 Å². The van der Waals surface area contributed by atoms with E-state index in [0.717, 1.165) is 12.0 Å². The van der Waals surface area contributed by atoms with Crippen molar-refractivity contribution in [2.45, 2.75) is 24.9 Å². The van der Waals surface area contributed by atoms with Crippen molar-refractivity contribution in [2.75, 3.05) is 13.1 Å². The molecule has 0 bridgehead atoms. The van der Waals surface area contributed by atoms with Gasteiger partial charge < -0.3 is 10.0 Å². The van der Waals surface area contributed by atoms with Crippen molar-refractivity contribution in [2.24, 2.45) is 16.9 Å². The highest BCUT2D eigenvalue weighted by Gasteiger charge is 2.36. The summed E-state index contributed by atoms with van der Waals surface area (Å²) < 4.78 is 0. The molecule has 0 radical (unpaired) electrons. The highest BCUT2D eigenvalue weighted by atomic mass is 16.3. The zero-order valence-corrected chi connectivity index (χ0v) is 15.0. The molecule has 1 aromatic rings. The smallest absolute Gasteiger partial charge is 0.247 e. The van der Waals surface area contributed by atoms with E-state index in [1.807, 2.05) is 54.6 Å². The number of hydrogen-bond acceptors (Lipinski definition) is 4. The van der Waals surface area contributed by atoms with Crippen LogP contribution in [0.1, 0.15) is 24.3 Å². The van der Waals surface area contributed by atoms with Crippen molar-refractivity contribution in [3.05, 3.63) is 60.2 Å². The summed E-state index contributed by atoms with van der Waals surface area (Å²) in [4.78, 5) is 26.4. The number of carbonyl (C=O) groups is 2. The van der Waals surface area contributed by atoms with Gasteiger partial charge in [0.05, 0.1) is 24.2 Å². The molecule has 4 atom stereocenters. The quantitative estimate of drug-likeness (QED) is 0.854. The minimum absolute atomic E-state index is 0.0531. The van der Waals surface area contributed by atoms with Crippen LogP contribution in [0.4, 0.5) is 0 Å². The van der Waals surface area contributed by atoms with Crippen molar-refractivity contribution < 1.29 is 14.7 Å².